The van der Waals surface area contributed by atoms with Gasteiger partial charge in [-0.05, 0) is 35.7 Å². The van der Waals surface area contributed by atoms with E-state index >= 15 is 0 Å². The van der Waals surface area contributed by atoms with Gasteiger partial charge in [0, 0.05) is 24.5 Å². The Morgan fingerprint density at radius 1 is 1.14 bits per heavy atom. The number of halogens is 1. The fourth-order valence-corrected chi connectivity index (χ4v) is 4.30. The van der Waals surface area contributed by atoms with Gasteiger partial charge in [0.25, 0.3) is 0 Å². The van der Waals surface area contributed by atoms with E-state index in [1.807, 2.05) is 7.11 Å². The summed E-state index contributed by atoms with van der Waals surface area (Å²) in [5, 5.41) is 6.24. The molecule has 0 unspecified atom stereocenters. The number of piperidine rings is 1. The van der Waals surface area contributed by atoms with Gasteiger partial charge in [-0.2, -0.15) is 0 Å². The Hall–Kier alpha value is -1.09. The Morgan fingerprint density at radius 2 is 1.95 bits per heavy atom. The van der Waals surface area contributed by atoms with Crippen molar-refractivity contribution in [2.24, 2.45) is 5.41 Å². The molecular formula is C18H22ClNO. The van der Waals surface area contributed by atoms with E-state index in [1.54, 1.807) is 0 Å². The van der Waals surface area contributed by atoms with Crippen LogP contribution in [0.5, 0.6) is 0 Å². The van der Waals surface area contributed by atoms with Gasteiger partial charge < -0.3 is 10.1 Å². The Morgan fingerprint density at radius 3 is 2.76 bits per heavy atom. The van der Waals surface area contributed by atoms with Crippen molar-refractivity contribution in [2.75, 3.05) is 26.8 Å². The van der Waals surface area contributed by atoms with Gasteiger partial charge >= 0.3 is 0 Å². The molecular weight excluding hydrogens is 282 g/mol. The van der Waals surface area contributed by atoms with E-state index in [-0.39, 0.29) is 12.4 Å². The van der Waals surface area contributed by atoms with Crippen LogP contribution in [0.15, 0.2) is 42.5 Å². The maximum absolute atomic E-state index is 5.52. The zero-order valence-electron chi connectivity index (χ0n) is 12.4. The molecule has 21 heavy (non-hydrogen) atoms. The Bertz CT molecular complexity index is 654. The van der Waals surface area contributed by atoms with Crippen LogP contribution in [0.3, 0.4) is 0 Å². The molecule has 1 saturated carbocycles. The first-order chi connectivity index (χ1) is 9.80. The van der Waals surface area contributed by atoms with Gasteiger partial charge in [0.15, 0.2) is 0 Å². The predicted octanol–water partition coefficient (Wildman–Crippen LogP) is 3.53. The van der Waals surface area contributed by atoms with Crippen LogP contribution in [-0.2, 0) is 10.2 Å². The Balaban J connectivity index is 0.00000132. The average Bonchev–Trinajstić information content (AvgIpc) is 3.17. The lowest BCUT2D eigenvalue weighted by Crippen LogP contribution is -2.40. The number of methoxy groups -OCH3 is 1. The first-order valence-electron chi connectivity index (χ1n) is 7.49. The largest absolute Gasteiger partial charge is 0.384 e. The average molecular weight is 304 g/mol. The number of hydrogen-bond acceptors (Lipinski definition) is 2. The van der Waals surface area contributed by atoms with E-state index in [0.29, 0.717) is 10.8 Å². The van der Waals surface area contributed by atoms with Crippen molar-refractivity contribution in [3.05, 3.63) is 48.0 Å². The second-order valence-corrected chi connectivity index (χ2v) is 6.46. The van der Waals surface area contributed by atoms with Crippen molar-refractivity contribution < 1.29 is 4.74 Å². The van der Waals surface area contributed by atoms with Crippen molar-refractivity contribution in [2.45, 2.75) is 18.3 Å². The van der Waals surface area contributed by atoms with Crippen molar-refractivity contribution in [1.82, 2.24) is 5.32 Å². The minimum Gasteiger partial charge on any atom is -0.384 e. The fourth-order valence-electron chi connectivity index (χ4n) is 4.30. The highest BCUT2D eigenvalue weighted by Crippen LogP contribution is 2.67. The predicted molar refractivity (Wildman–Crippen MR) is 89.3 cm³/mol. The third kappa shape index (κ3) is 2.09. The second kappa shape index (κ2) is 5.28. The van der Waals surface area contributed by atoms with Crippen LogP contribution < -0.4 is 5.32 Å². The van der Waals surface area contributed by atoms with E-state index in [2.05, 4.69) is 47.8 Å². The van der Waals surface area contributed by atoms with Crippen LogP contribution in [0, 0.1) is 5.41 Å². The molecule has 3 heteroatoms. The molecule has 0 amide bonds. The molecule has 1 aliphatic carbocycles. The van der Waals surface area contributed by atoms with Crippen LogP contribution >= 0.6 is 12.4 Å². The zero-order chi connectivity index (χ0) is 13.6. The van der Waals surface area contributed by atoms with Gasteiger partial charge in [0.2, 0.25) is 0 Å². The molecule has 0 aromatic heterocycles. The van der Waals surface area contributed by atoms with E-state index in [9.17, 15) is 0 Å². The van der Waals surface area contributed by atoms with Crippen molar-refractivity contribution in [3.8, 4) is 0 Å². The van der Waals surface area contributed by atoms with Crippen molar-refractivity contribution in [1.29, 1.82) is 0 Å². The maximum Gasteiger partial charge on any atom is 0.0539 e. The topological polar surface area (TPSA) is 21.3 Å². The van der Waals surface area contributed by atoms with Gasteiger partial charge in [-0.3, -0.25) is 0 Å². The molecule has 4 rings (SSSR count). The highest BCUT2D eigenvalue weighted by Gasteiger charge is 2.68. The monoisotopic (exact) mass is 303 g/mol. The molecule has 112 valence electrons. The van der Waals surface area contributed by atoms with Crippen LogP contribution in [0.2, 0.25) is 0 Å². The Labute approximate surface area is 132 Å². The quantitative estimate of drug-likeness (QED) is 0.936. The molecule has 2 aromatic rings. The number of ether oxygens (including phenoxy) is 1. The Kier molecular flexibility index (Phi) is 3.73. The first-order valence-corrected chi connectivity index (χ1v) is 7.49. The molecule has 2 atom stereocenters. The van der Waals surface area contributed by atoms with Crippen LogP contribution in [-0.4, -0.2) is 26.8 Å². The summed E-state index contributed by atoms with van der Waals surface area (Å²) in [6.45, 7) is 3.08. The summed E-state index contributed by atoms with van der Waals surface area (Å²) in [6, 6.07) is 15.7. The standard InChI is InChI=1S/C18H21NO.ClH/c1-20-13-17-11-18(17,8-9-19-12-17)16-7-6-14-4-2-3-5-15(14)10-16;/h2-7,10,19H,8-9,11-13H2,1H3;1H/t17-,18-;/m0./s1. The number of hydrogen-bond donors (Lipinski definition) is 1. The summed E-state index contributed by atoms with van der Waals surface area (Å²) in [7, 11) is 1.83. The molecule has 1 aliphatic heterocycles. The minimum atomic E-state index is 0. The van der Waals surface area contributed by atoms with Crippen molar-refractivity contribution >= 4 is 23.2 Å². The van der Waals surface area contributed by atoms with E-state index in [0.717, 1.165) is 19.7 Å². The molecule has 0 bridgehead atoms. The lowest BCUT2D eigenvalue weighted by molar-refractivity contribution is 0.116. The summed E-state index contributed by atoms with van der Waals surface area (Å²) in [4.78, 5) is 0. The minimum absolute atomic E-state index is 0. The number of benzene rings is 2. The highest BCUT2D eigenvalue weighted by atomic mass is 35.5. The molecule has 1 heterocycles. The lowest BCUT2D eigenvalue weighted by atomic mass is 9.80. The molecule has 0 radical (unpaired) electrons. The van der Waals surface area contributed by atoms with Gasteiger partial charge in [0.05, 0.1) is 6.61 Å². The van der Waals surface area contributed by atoms with Crippen LogP contribution in [0.1, 0.15) is 18.4 Å². The zero-order valence-corrected chi connectivity index (χ0v) is 13.2. The normalized spacial score (nSPS) is 30.5. The summed E-state index contributed by atoms with van der Waals surface area (Å²) < 4.78 is 5.52. The van der Waals surface area contributed by atoms with Gasteiger partial charge in [-0.15, -0.1) is 12.4 Å². The molecule has 1 saturated heterocycles. The summed E-state index contributed by atoms with van der Waals surface area (Å²) in [5.74, 6) is 0. The fraction of sp³-hybridized carbons (Fsp3) is 0.444. The third-order valence-corrected chi connectivity index (χ3v) is 5.44. The second-order valence-electron chi connectivity index (χ2n) is 6.46. The molecule has 2 nitrogen and oxygen atoms in total. The lowest BCUT2D eigenvalue weighted by Gasteiger charge is -2.31. The van der Waals surface area contributed by atoms with Gasteiger partial charge in [-0.25, -0.2) is 0 Å². The van der Waals surface area contributed by atoms with Crippen LogP contribution in [0.25, 0.3) is 10.8 Å². The first kappa shape index (κ1) is 14.8. The highest BCUT2D eigenvalue weighted by molar-refractivity contribution is 5.85. The number of fused-ring (bicyclic) bond motifs is 2. The summed E-state index contributed by atoms with van der Waals surface area (Å²) in [5.41, 5.74) is 2.18. The third-order valence-electron chi connectivity index (χ3n) is 5.44. The van der Waals surface area contributed by atoms with Gasteiger partial charge in [-0.1, -0.05) is 42.5 Å². The van der Waals surface area contributed by atoms with E-state index in [4.69, 9.17) is 4.74 Å². The SMILES string of the molecule is COC[C@]12CNCC[C@@]1(c1ccc3ccccc3c1)C2.Cl. The number of nitrogens with one attached hydrogen (secondary N) is 1. The molecule has 1 N–H and O–H groups in total. The summed E-state index contributed by atoms with van der Waals surface area (Å²) >= 11 is 0. The summed E-state index contributed by atoms with van der Waals surface area (Å²) in [6.07, 6.45) is 2.49. The van der Waals surface area contributed by atoms with Crippen molar-refractivity contribution in [3.63, 3.8) is 0 Å². The van der Waals surface area contributed by atoms with Gasteiger partial charge in [0.1, 0.15) is 0 Å². The molecule has 2 aliphatic rings. The van der Waals surface area contributed by atoms with E-state index < -0.39 is 0 Å². The van der Waals surface area contributed by atoms with Crippen LogP contribution in [0.4, 0.5) is 0 Å². The smallest absolute Gasteiger partial charge is 0.0539 e. The molecule has 2 aromatic carbocycles. The molecule has 2 fully saturated rings. The molecule has 0 spiro atoms. The maximum atomic E-state index is 5.52. The van der Waals surface area contributed by atoms with E-state index in [1.165, 1.54) is 29.2 Å². The number of rotatable bonds is 3.